The molecular weight excluding hydrogens is 889 g/mol. The highest BCUT2D eigenvalue weighted by atomic mass is 16.6. The molecule has 0 saturated carbocycles. The first kappa shape index (κ1) is 68.1. The second-order valence-corrected chi connectivity index (χ2v) is 19.5. The van der Waals surface area contributed by atoms with Crippen LogP contribution in [0, 0.1) is 0 Å². The van der Waals surface area contributed by atoms with Crippen LogP contribution in [0.15, 0.2) is 109 Å². The molecule has 410 valence electrons. The zero-order valence-corrected chi connectivity index (χ0v) is 46.9. The van der Waals surface area contributed by atoms with Crippen LogP contribution in [0.2, 0.25) is 0 Å². The molecule has 0 N–H and O–H groups in total. The van der Waals surface area contributed by atoms with Crippen molar-refractivity contribution in [2.75, 3.05) is 13.2 Å². The SMILES string of the molecule is CC/C=C\C/C=C\C/C=C\C/C=C\C/C=C\C/C=C\C/C=C\C/C=C\C/C=C\CCCCCCCC(=O)OCC(COC(=O)CCCCCCCCC)OC(=O)CCCCCCCCCCCCCCCC. The van der Waals surface area contributed by atoms with Crippen LogP contribution in [0.25, 0.3) is 0 Å². The Kier molecular flexibility index (Phi) is 56.4. The predicted octanol–water partition coefficient (Wildman–Crippen LogP) is 20.3. The third kappa shape index (κ3) is 57.0. The standard InChI is InChI=1S/C66H110O6/c1-4-7-10-13-16-18-20-22-24-25-26-27-28-29-30-31-32-33-34-35-36-37-38-39-40-41-42-44-45-47-50-53-56-59-65(68)71-62-63(61-70-64(67)58-55-52-49-15-12-9-6-3)72-66(69)60-57-54-51-48-46-43-23-21-19-17-14-11-8-5-2/h7,10,16,18,22,24,26-27,29-30,32-33,35-36,38-39,41-42,63H,4-6,8-9,11-15,17,19-21,23,25,28,31,34,37,40,43-62H2,1-3H3/b10-7-,18-16-,24-22-,27-26-,30-29-,33-32-,36-35-,39-38-,42-41-. The lowest BCUT2D eigenvalue weighted by molar-refractivity contribution is -0.167. The van der Waals surface area contributed by atoms with Gasteiger partial charge in [-0.3, -0.25) is 14.4 Å². The maximum Gasteiger partial charge on any atom is 0.306 e. The quantitative estimate of drug-likeness (QED) is 0.0261. The summed E-state index contributed by atoms with van der Waals surface area (Å²) in [4.78, 5) is 37.9. The van der Waals surface area contributed by atoms with Gasteiger partial charge in [-0.1, -0.05) is 271 Å². The number of hydrogen-bond acceptors (Lipinski definition) is 6. The Hall–Kier alpha value is -3.93. The van der Waals surface area contributed by atoms with Gasteiger partial charge in [0.25, 0.3) is 0 Å². The van der Waals surface area contributed by atoms with E-state index in [9.17, 15) is 14.4 Å². The molecule has 0 radical (unpaired) electrons. The second-order valence-electron chi connectivity index (χ2n) is 19.5. The van der Waals surface area contributed by atoms with E-state index < -0.39 is 6.10 Å². The van der Waals surface area contributed by atoms with Gasteiger partial charge in [0, 0.05) is 19.3 Å². The van der Waals surface area contributed by atoms with Gasteiger partial charge < -0.3 is 14.2 Å². The normalized spacial score (nSPS) is 12.9. The molecule has 6 heteroatoms. The van der Waals surface area contributed by atoms with Gasteiger partial charge in [0.15, 0.2) is 6.10 Å². The molecule has 0 saturated heterocycles. The van der Waals surface area contributed by atoms with E-state index in [1.54, 1.807) is 0 Å². The lowest BCUT2D eigenvalue weighted by Crippen LogP contribution is -2.30. The first-order valence-corrected chi connectivity index (χ1v) is 29.9. The third-order valence-corrected chi connectivity index (χ3v) is 12.5. The highest BCUT2D eigenvalue weighted by Crippen LogP contribution is 2.15. The molecule has 0 rings (SSSR count). The van der Waals surface area contributed by atoms with Gasteiger partial charge in [-0.2, -0.15) is 0 Å². The summed E-state index contributed by atoms with van der Waals surface area (Å²) in [7, 11) is 0. The van der Waals surface area contributed by atoms with Crippen molar-refractivity contribution >= 4 is 17.9 Å². The van der Waals surface area contributed by atoms with Crippen LogP contribution in [0.3, 0.4) is 0 Å². The summed E-state index contributed by atoms with van der Waals surface area (Å²) in [5, 5.41) is 0. The van der Waals surface area contributed by atoms with E-state index in [1.807, 2.05) is 0 Å². The van der Waals surface area contributed by atoms with E-state index in [0.29, 0.717) is 19.3 Å². The predicted molar refractivity (Wildman–Crippen MR) is 311 cm³/mol. The number of carbonyl (C=O) groups excluding carboxylic acids is 3. The minimum Gasteiger partial charge on any atom is -0.462 e. The number of allylic oxidation sites excluding steroid dienone is 18. The van der Waals surface area contributed by atoms with Crippen LogP contribution in [-0.2, 0) is 28.6 Å². The topological polar surface area (TPSA) is 78.9 Å². The number of hydrogen-bond donors (Lipinski definition) is 0. The Morgan fingerprint density at radius 1 is 0.292 bits per heavy atom. The van der Waals surface area contributed by atoms with Gasteiger partial charge in [-0.15, -0.1) is 0 Å². The Labute approximate surface area is 444 Å². The van der Waals surface area contributed by atoms with Crippen molar-refractivity contribution in [3.63, 3.8) is 0 Å². The van der Waals surface area contributed by atoms with Crippen LogP contribution in [-0.4, -0.2) is 37.2 Å². The van der Waals surface area contributed by atoms with Crippen LogP contribution < -0.4 is 0 Å². The first-order valence-electron chi connectivity index (χ1n) is 29.9. The summed E-state index contributed by atoms with van der Waals surface area (Å²) in [6.07, 6.45) is 81.1. The number of unbranched alkanes of at least 4 members (excludes halogenated alkanes) is 24. The maximum absolute atomic E-state index is 12.8. The molecule has 0 aliphatic rings. The Morgan fingerprint density at radius 2 is 0.542 bits per heavy atom. The molecule has 0 bridgehead atoms. The first-order chi connectivity index (χ1) is 35.5. The molecule has 0 amide bonds. The van der Waals surface area contributed by atoms with Gasteiger partial charge in [0.1, 0.15) is 13.2 Å². The van der Waals surface area contributed by atoms with Crippen LogP contribution in [0.5, 0.6) is 0 Å². The lowest BCUT2D eigenvalue weighted by atomic mass is 10.0. The zero-order valence-electron chi connectivity index (χ0n) is 46.9. The van der Waals surface area contributed by atoms with E-state index >= 15 is 0 Å². The van der Waals surface area contributed by atoms with Crippen molar-refractivity contribution < 1.29 is 28.6 Å². The average molecular weight is 1000 g/mol. The summed E-state index contributed by atoms with van der Waals surface area (Å²) >= 11 is 0. The molecule has 0 spiro atoms. The summed E-state index contributed by atoms with van der Waals surface area (Å²) in [6.45, 7) is 6.47. The molecule has 0 aliphatic heterocycles. The molecule has 0 heterocycles. The van der Waals surface area contributed by atoms with Gasteiger partial charge in [-0.25, -0.2) is 0 Å². The molecule has 0 fully saturated rings. The molecule has 0 aromatic heterocycles. The van der Waals surface area contributed by atoms with Crippen molar-refractivity contribution in [3.05, 3.63) is 109 Å². The van der Waals surface area contributed by atoms with E-state index in [4.69, 9.17) is 14.2 Å². The molecule has 72 heavy (non-hydrogen) atoms. The third-order valence-electron chi connectivity index (χ3n) is 12.5. The average Bonchev–Trinajstić information content (AvgIpc) is 3.38. The second kappa shape index (κ2) is 59.6. The zero-order chi connectivity index (χ0) is 52.2. The molecule has 1 unspecified atom stereocenters. The van der Waals surface area contributed by atoms with Crippen molar-refractivity contribution in [2.24, 2.45) is 0 Å². The summed E-state index contributed by atoms with van der Waals surface area (Å²) in [5.74, 6) is -0.905. The minimum atomic E-state index is -0.781. The van der Waals surface area contributed by atoms with Crippen molar-refractivity contribution in [1.82, 2.24) is 0 Å². The molecule has 0 aromatic carbocycles. The summed E-state index contributed by atoms with van der Waals surface area (Å²) in [5.41, 5.74) is 0. The highest BCUT2D eigenvalue weighted by molar-refractivity contribution is 5.71. The smallest absolute Gasteiger partial charge is 0.306 e. The molecular formula is C66H110O6. The number of rotatable bonds is 53. The summed E-state index contributed by atoms with van der Waals surface area (Å²) < 4.78 is 16.8. The largest absolute Gasteiger partial charge is 0.462 e. The van der Waals surface area contributed by atoms with Crippen LogP contribution in [0.4, 0.5) is 0 Å². The number of carbonyl (C=O) groups is 3. The van der Waals surface area contributed by atoms with Crippen molar-refractivity contribution in [1.29, 1.82) is 0 Å². The molecule has 0 aromatic rings. The fourth-order valence-electron chi connectivity index (χ4n) is 8.08. The Balaban J connectivity index is 4.17. The molecule has 1 atom stereocenters. The fraction of sp³-hybridized carbons (Fsp3) is 0.682. The van der Waals surface area contributed by atoms with Crippen molar-refractivity contribution in [3.8, 4) is 0 Å². The Morgan fingerprint density at radius 3 is 0.847 bits per heavy atom. The Bertz CT molecular complexity index is 1470. The van der Waals surface area contributed by atoms with Gasteiger partial charge in [-0.05, 0) is 89.9 Å². The van der Waals surface area contributed by atoms with Crippen LogP contribution >= 0.6 is 0 Å². The fourth-order valence-corrected chi connectivity index (χ4v) is 8.08. The lowest BCUT2D eigenvalue weighted by Gasteiger charge is -2.18. The van der Waals surface area contributed by atoms with Gasteiger partial charge in [0.2, 0.25) is 0 Å². The van der Waals surface area contributed by atoms with Crippen LogP contribution in [0.1, 0.15) is 271 Å². The van der Waals surface area contributed by atoms with Gasteiger partial charge in [0.05, 0.1) is 0 Å². The van der Waals surface area contributed by atoms with E-state index in [0.717, 1.165) is 135 Å². The highest BCUT2D eigenvalue weighted by Gasteiger charge is 2.19. The summed E-state index contributed by atoms with van der Waals surface area (Å²) in [6, 6.07) is 0. The van der Waals surface area contributed by atoms with E-state index in [2.05, 4.69) is 130 Å². The van der Waals surface area contributed by atoms with E-state index in [1.165, 1.54) is 96.3 Å². The number of esters is 3. The maximum atomic E-state index is 12.8. The minimum absolute atomic E-state index is 0.0819. The number of ether oxygens (including phenoxy) is 3. The van der Waals surface area contributed by atoms with E-state index in [-0.39, 0.29) is 31.1 Å². The molecule has 0 aliphatic carbocycles. The monoisotopic (exact) mass is 999 g/mol. The molecule has 6 nitrogen and oxygen atoms in total. The van der Waals surface area contributed by atoms with Crippen molar-refractivity contribution in [2.45, 2.75) is 277 Å². The van der Waals surface area contributed by atoms with Gasteiger partial charge >= 0.3 is 17.9 Å².